The van der Waals surface area contributed by atoms with Crippen LogP contribution in [0.25, 0.3) is 5.65 Å². The van der Waals surface area contributed by atoms with Gasteiger partial charge < -0.3 is 0 Å². The second-order valence-corrected chi connectivity index (χ2v) is 3.15. The van der Waals surface area contributed by atoms with Crippen molar-refractivity contribution >= 4 is 5.65 Å². The topological polar surface area (TPSA) is 99.7 Å². The molecule has 7 nitrogen and oxygen atoms in total. The Bertz CT molecular complexity index is 698. The van der Waals surface area contributed by atoms with Crippen LogP contribution in [0.15, 0.2) is 47.7 Å². The summed E-state index contributed by atoms with van der Waals surface area (Å²) in [6.07, 6.45) is 5.05. The average molecular weight is 240 g/mol. The van der Waals surface area contributed by atoms with Crippen molar-refractivity contribution in [3.05, 3.63) is 58.9 Å². The molecule has 0 saturated carbocycles. The van der Waals surface area contributed by atoms with E-state index in [1.54, 1.807) is 30.7 Å². The number of nitrogens with one attached hydrogen (secondary N) is 1. The van der Waals surface area contributed by atoms with Crippen molar-refractivity contribution in [1.29, 1.82) is 5.26 Å². The molecule has 88 valence electrons. The lowest BCUT2D eigenvalue weighted by atomic mass is 10.5. The third-order valence-electron chi connectivity index (χ3n) is 2.00. The lowest BCUT2D eigenvalue weighted by molar-refractivity contribution is 0.841. The van der Waals surface area contributed by atoms with Gasteiger partial charge >= 0.3 is 5.56 Å². The highest BCUT2D eigenvalue weighted by Crippen LogP contribution is 1.90. The van der Waals surface area contributed by atoms with Crippen LogP contribution in [0.1, 0.15) is 5.69 Å². The largest absolute Gasteiger partial charge is 0.309 e. The first-order valence-corrected chi connectivity index (χ1v) is 5.01. The Balaban J connectivity index is 0.000000169. The summed E-state index contributed by atoms with van der Waals surface area (Å²) in [7, 11) is 0. The fourth-order valence-corrected chi connectivity index (χ4v) is 1.20. The van der Waals surface area contributed by atoms with Gasteiger partial charge in [-0.15, -0.1) is 10.2 Å². The molecule has 0 saturated heterocycles. The minimum atomic E-state index is -0.479. The predicted octanol–water partition coefficient (Wildman–Crippen LogP) is 0.371. The van der Waals surface area contributed by atoms with Gasteiger partial charge in [0.15, 0.2) is 5.65 Å². The quantitative estimate of drug-likeness (QED) is 0.612. The second kappa shape index (κ2) is 5.36. The fourth-order valence-electron chi connectivity index (χ4n) is 1.20. The van der Waals surface area contributed by atoms with Crippen molar-refractivity contribution in [3.8, 4) is 6.07 Å². The Kier molecular flexibility index (Phi) is 3.42. The summed E-state index contributed by atoms with van der Waals surface area (Å²) in [6.45, 7) is 0. The van der Waals surface area contributed by atoms with Crippen molar-refractivity contribution < 1.29 is 0 Å². The predicted molar refractivity (Wildman–Crippen MR) is 62.6 cm³/mol. The zero-order valence-electron chi connectivity index (χ0n) is 9.19. The molecule has 1 N–H and O–H groups in total. The van der Waals surface area contributed by atoms with E-state index < -0.39 is 5.56 Å². The first-order valence-electron chi connectivity index (χ1n) is 5.01. The SMILES string of the molecule is N#Cc1nnc2cc[nH]n2c1=O.c1ccncc1. The molecule has 0 radical (unpaired) electrons. The molecule has 0 aromatic carbocycles. The van der Waals surface area contributed by atoms with Gasteiger partial charge in [0.2, 0.25) is 5.69 Å². The molecule has 3 aromatic rings. The molecule has 3 rings (SSSR count). The van der Waals surface area contributed by atoms with Crippen LogP contribution in [0.4, 0.5) is 0 Å². The zero-order chi connectivity index (χ0) is 12.8. The number of aromatic amines is 1. The first kappa shape index (κ1) is 11.5. The van der Waals surface area contributed by atoms with E-state index in [4.69, 9.17) is 5.26 Å². The van der Waals surface area contributed by atoms with E-state index in [2.05, 4.69) is 20.3 Å². The Hall–Kier alpha value is -3.01. The normalized spacial score (nSPS) is 9.28. The molecule has 0 unspecified atom stereocenters. The maximum atomic E-state index is 11.2. The Morgan fingerprint density at radius 3 is 2.56 bits per heavy atom. The van der Waals surface area contributed by atoms with Crippen molar-refractivity contribution in [2.75, 3.05) is 0 Å². The molecular formula is C11H8N6O. The number of H-pyrrole nitrogens is 1. The van der Waals surface area contributed by atoms with Crippen LogP contribution >= 0.6 is 0 Å². The van der Waals surface area contributed by atoms with Gasteiger partial charge in [0.1, 0.15) is 6.07 Å². The van der Waals surface area contributed by atoms with Gasteiger partial charge in [0, 0.05) is 24.7 Å². The summed E-state index contributed by atoms with van der Waals surface area (Å²) in [4.78, 5) is 15.0. The summed E-state index contributed by atoms with van der Waals surface area (Å²) in [5.41, 5.74) is -0.290. The van der Waals surface area contributed by atoms with Crippen LogP contribution in [-0.4, -0.2) is 24.8 Å². The van der Waals surface area contributed by atoms with E-state index in [0.717, 1.165) is 4.52 Å². The number of pyridine rings is 1. The van der Waals surface area contributed by atoms with Gasteiger partial charge in [-0.3, -0.25) is 14.9 Å². The summed E-state index contributed by atoms with van der Waals surface area (Å²) >= 11 is 0. The number of rotatable bonds is 0. The molecular weight excluding hydrogens is 232 g/mol. The molecule has 0 fully saturated rings. The van der Waals surface area contributed by atoms with E-state index in [-0.39, 0.29) is 5.69 Å². The molecule has 7 heteroatoms. The van der Waals surface area contributed by atoms with Crippen LogP contribution in [0.3, 0.4) is 0 Å². The maximum Gasteiger partial charge on any atom is 0.309 e. The Labute approximate surface area is 101 Å². The maximum absolute atomic E-state index is 11.2. The molecule has 0 atom stereocenters. The van der Waals surface area contributed by atoms with Gasteiger partial charge in [-0.25, -0.2) is 0 Å². The van der Waals surface area contributed by atoms with Crippen molar-refractivity contribution in [1.82, 2.24) is 24.8 Å². The molecule has 3 heterocycles. The Morgan fingerprint density at radius 1 is 1.22 bits per heavy atom. The molecule has 0 bridgehead atoms. The number of aromatic nitrogens is 5. The highest BCUT2D eigenvalue weighted by Gasteiger charge is 2.04. The molecule has 0 amide bonds. The highest BCUT2D eigenvalue weighted by atomic mass is 16.1. The lowest BCUT2D eigenvalue weighted by Crippen LogP contribution is -2.19. The lowest BCUT2D eigenvalue weighted by Gasteiger charge is -1.89. The van der Waals surface area contributed by atoms with Crippen LogP contribution in [0.5, 0.6) is 0 Å². The van der Waals surface area contributed by atoms with E-state index in [0.29, 0.717) is 5.65 Å². The number of nitrogens with zero attached hydrogens (tertiary/aromatic N) is 5. The van der Waals surface area contributed by atoms with Crippen molar-refractivity contribution in [2.24, 2.45) is 0 Å². The molecule has 0 aliphatic heterocycles. The van der Waals surface area contributed by atoms with E-state index in [9.17, 15) is 4.79 Å². The van der Waals surface area contributed by atoms with Crippen LogP contribution < -0.4 is 5.56 Å². The summed E-state index contributed by atoms with van der Waals surface area (Å²) in [6, 6.07) is 8.96. The first-order chi connectivity index (χ1) is 8.83. The average Bonchev–Trinajstić information content (AvgIpc) is 2.91. The van der Waals surface area contributed by atoms with Crippen molar-refractivity contribution in [2.45, 2.75) is 0 Å². The molecule has 3 aromatic heterocycles. The summed E-state index contributed by atoms with van der Waals surface area (Å²) in [5, 5.41) is 18.1. The van der Waals surface area contributed by atoms with Gasteiger partial charge in [0.05, 0.1) is 0 Å². The van der Waals surface area contributed by atoms with E-state index in [1.165, 1.54) is 0 Å². The molecule has 0 aliphatic rings. The third-order valence-corrected chi connectivity index (χ3v) is 2.00. The third kappa shape index (κ3) is 2.38. The zero-order valence-corrected chi connectivity index (χ0v) is 9.19. The summed E-state index contributed by atoms with van der Waals surface area (Å²) < 4.78 is 1.16. The Morgan fingerprint density at radius 2 is 2.00 bits per heavy atom. The minimum Gasteiger partial charge on any atom is -0.297 e. The number of hydrogen-bond donors (Lipinski definition) is 1. The molecule has 0 aliphatic carbocycles. The van der Waals surface area contributed by atoms with Crippen LogP contribution in [0.2, 0.25) is 0 Å². The van der Waals surface area contributed by atoms with Crippen molar-refractivity contribution in [3.63, 3.8) is 0 Å². The monoisotopic (exact) mass is 240 g/mol. The second-order valence-electron chi connectivity index (χ2n) is 3.15. The van der Waals surface area contributed by atoms with Crippen LogP contribution in [0, 0.1) is 11.3 Å². The van der Waals surface area contributed by atoms with E-state index in [1.807, 2.05) is 18.2 Å². The van der Waals surface area contributed by atoms with E-state index >= 15 is 0 Å². The van der Waals surface area contributed by atoms with Crippen LogP contribution in [-0.2, 0) is 0 Å². The smallest absolute Gasteiger partial charge is 0.297 e. The molecule has 0 spiro atoms. The number of fused-ring (bicyclic) bond motifs is 1. The minimum absolute atomic E-state index is 0.213. The summed E-state index contributed by atoms with van der Waals surface area (Å²) in [5.74, 6) is 0. The fraction of sp³-hybridized carbons (Fsp3) is 0. The van der Waals surface area contributed by atoms with Gasteiger partial charge in [-0.1, -0.05) is 6.07 Å². The van der Waals surface area contributed by atoms with Gasteiger partial charge in [-0.05, 0) is 12.1 Å². The van der Waals surface area contributed by atoms with Gasteiger partial charge in [0.25, 0.3) is 0 Å². The van der Waals surface area contributed by atoms with Gasteiger partial charge in [-0.2, -0.15) is 9.78 Å². The molecule has 18 heavy (non-hydrogen) atoms. The number of nitriles is 1. The highest BCUT2D eigenvalue weighted by molar-refractivity contribution is 5.35. The standard InChI is InChI=1S/C6H3N5O.C5H5N/c7-3-4-6(12)11-5(10-9-4)1-2-8-11;1-2-4-6-5-3-1/h1-2,8H;1-5H. The number of hydrogen-bond acceptors (Lipinski definition) is 5.